The van der Waals surface area contributed by atoms with Gasteiger partial charge < -0.3 is 14.6 Å². The Balaban J connectivity index is 1.41. The van der Waals surface area contributed by atoms with Gasteiger partial charge in [0.1, 0.15) is 5.75 Å². The van der Waals surface area contributed by atoms with Crippen LogP contribution in [0.3, 0.4) is 0 Å². The number of nitrogens with zero attached hydrogens (tertiary/aromatic N) is 2. The Morgan fingerprint density at radius 1 is 1.00 bits per heavy atom. The highest BCUT2D eigenvalue weighted by molar-refractivity contribution is 6.30. The molecular formula is C25H22ClN3O3. The number of carbonyl (C=O) groups is 1. The number of aromatic nitrogens is 2. The quantitative estimate of drug-likeness (QED) is 0.400. The first-order valence-electron chi connectivity index (χ1n) is 10.2. The first-order valence-corrected chi connectivity index (χ1v) is 10.6. The predicted octanol–water partition coefficient (Wildman–Crippen LogP) is 5.24. The summed E-state index contributed by atoms with van der Waals surface area (Å²) in [5.41, 5.74) is 2.76. The molecule has 32 heavy (non-hydrogen) atoms. The van der Waals surface area contributed by atoms with Gasteiger partial charge in [-0.1, -0.05) is 59.2 Å². The van der Waals surface area contributed by atoms with E-state index >= 15 is 0 Å². The van der Waals surface area contributed by atoms with E-state index in [0.29, 0.717) is 23.2 Å². The van der Waals surface area contributed by atoms with Crippen molar-refractivity contribution in [2.75, 3.05) is 7.11 Å². The third kappa shape index (κ3) is 5.34. The summed E-state index contributed by atoms with van der Waals surface area (Å²) in [4.78, 5) is 17.1. The average molecular weight is 448 g/mol. The van der Waals surface area contributed by atoms with Crippen LogP contribution in [-0.2, 0) is 11.2 Å². The van der Waals surface area contributed by atoms with Crippen LogP contribution in [0, 0.1) is 0 Å². The fraction of sp³-hybridized carbons (Fsp3) is 0.160. The third-order valence-electron chi connectivity index (χ3n) is 5.02. The molecule has 1 atom stereocenters. The molecule has 7 heteroatoms. The first-order chi connectivity index (χ1) is 15.6. The van der Waals surface area contributed by atoms with Crippen molar-refractivity contribution in [1.29, 1.82) is 0 Å². The molecule has 4 rings (SSSR count). The summed E-state index contributed by atoms with van der Waals surface area (Å²) in [6.07, 6.45) is 0.568. The SMILES string of the molecule is COc1ccc(-c2noc(CCC(=O)NC(c3ccccc3)c3ccc(Cl)cc3)n2)cc1. The van der Waals surface area contributed by atoms with Crippen LogP contribution in [0.15, 0.2) is 83.4 Å². The molecule has 4 aromatic rings. The number of rotatable bonds is 8. The molecule has 0 aliphatic heterocycles. The predicted molar refractivity (Wildman–Crippen MR) is 122 cm³/mol. The third-order valence-corrected chi connectivity index (χ3v) is 5.28. The lowest BCUT2D eigenvalue weighted by Gasteiger charge is -2.20. The van der Waals surface area contributed by atoms with Gasteiger partial charge in [0.15, 0.2) is 0 Å². The van der Waals surface area contributed by atoms with Crippen molar-refractivity contribution in [3.8, 4) is 17.1 Å². The molecule has 0 saturated heterocycles. The van der Waals surface area contributed by atoms with Crippen molar-refractivity contribution < 1.29 is 14.1 Å². The van der Waals surface area contributed by atoms with Crippen molar-refractivity contribution >= 4 is 17.5 Å². The number of amides is 1. The molecule has 1 N–H and O–H groups in total. The molecule has 6 nitrogen and oxygen atoms in total. The highest BCUT2D eigenvalue weighted by Crippen LogP contribution is 2.24. The van der Waals surface area contributed by atoms with Gasteiger partial charge in [-0.3, -0.25) is 4.79 Å². The standard InChI is InChI=1S/C25H22ClN3O3/c1-31-21-13-9-19(10-14-21)25-28-23(32-29-25)16-15-22(30)27-24(17-5-3-2-4-6-17)18-7-11-20(26)12-8-18/h2-14,24H,15-16H2,1H3,(H,27,30). The maximum Gasteiger partial charge on any atom is 0.227 e. The van der Waals surface area contributed by atoms with E-state index in [1.165, 1.54) is 0 Å². The number of carbonyl (C=O) groups excluding carboxylic acids is 1. The minimum Gasteiger partial charge on any atom is -0.497 e. The Morgan fingerprint density at radius 3 is 2.38 bits per heavy atom. The fourth-order valence-electron chi connectivity index (χ4n) is 3.33. The zero-order valence-electron chi connectivity index (χ0n) is 17.5. The molecule has 0 saturated carbocycles. The van der Waals surface area contributed by atoms with E-state index in [9.17, 15) is 4.79 Å². The Morgan fingerprint density at radius 2 is 1.69 bits per heavy atom. The molecule has 1 aromatic heterocycles. The molecule has 1 unspecified atom stereocenters. The summed E-state index contributed by atoms with van der Waals surface area (Å²) in [5, 5.41) is 7.77. The average Bonchev–Trinajstić information content (AvgIpc) is 3.32. The van der Waals surface area contributed by atoms with Crippen molar-refractivity contribution in [3.05, 3.63) is 101 Å². The normalized spacial score (nSPS) is 11.7. The second-order valence-electron chi connectivity index (χ2n) is 7.20. The highest BCUT2D eigenvalue weighted by Gasteiger charge is 2.18. The second-order valence-corrected chi connectivity index (χ2v) is 7.64. The van der Waals surface area contributed by atoms with Crippen LogP contribution in [0.4, 0.5) is 0 Å². The maximum atomic E-state index is 12.7. The second kappa shape index (κ2) is 10.1. The molecule has 162 valence electrons. The number of ether oxygens (including phenoxy) is 1. The van der Waals surface area contributed by atoms with Gasteiger partial charge in [-0.2, -0.15) is 4.98 Å². The Bertz CT molecular complexity index is 1160. The molecule has 0 aliphatic carbocycles. The van der Waals surface area contributed by atoms with Crippen LogP contribution in [0.1, 0.15) is 29.5 Å². The van der Waals surface area contributed by atoms with Gasteiger partial charge in [0.2, 0.25) is 17.6 Å². The van der Waals surface area contributed by atoms with Gasteiger partial charge in [-0.25, -0.2) is 0 Å². The number of benzene rings is 3. The lowest BCUT2D eigenvalue weighted by Crippen LogP contribution is -2.29. The smallest absolute Gasteiger partial charge is 0.227 e. The minimum atomic E-state index is -0.279. The van der Waals surface area contributed by atoms with E-state index in [1.54, 1.807) is 7.11 Å². The van der Waals surface area contributed by atoms with Crippen molar-refractivity contribution in [2.24, 2.45) is 0 Å². The number of nitrogens with one attached hydrogen (secondary N) is 1. The van der Waals surface area contributed by atoms with E-state index in [1.807, 2.05) is 78.9 Å². The monoisotopic (exact) mass is 447 g/mol. The van der Waals surface area contributed by atoms with Crippen LogP contribution >= 0.6 is 11.6 Å². The molecule has 0 aliphatic rings. The van der Waals surface area contributed by atoms with Gasteiger partial charge >= 0.3 is 0 Å². The summed E-state index contributed by atoms with van der Waals surface area (Å²) in [6, 6.07) is 24.4. The molecule has 0 fully saturated rings. The van der Waals surface area contributed by atoms with Crippen molar-refractivity contribution in [3.63, 3.8) is 0 Å². The van der Waals surface area contributed by atoms with Crippen molar-refractivity contribution in [1.82, 2.24) is 15.5 Å². The van der Waals surface area contributed by atoms with E-state index in [0.717, 1.165) is 22.4 Å². The van der Waals surface area contributed by atoms with Crippen LogP contribution in [0.5, 0.6) is 5.75 Å². The summed E-state index contributed by atoms with van der Waals surface area (Å²) >= 11 is 6.03. The van der Waals surface area contributed by atoms with Gasteiger partial charge in [0, 0.05) is 23.4 Å². The molecular weight excluding hydrogens is 426 g/mol. The summed E-state index contributed by atoms with van der Waals surface area (Å²) in [6.45, 7) is 0. The van der Waals surface area contributed by atoms with Gasteiger partial charge in [-0.05, 0) is 47.5 Å². The molecule has 0 bridgehead atoms. The van der Waals surface area contributed by atoms with Crippen LogP contribution in [-0.4, -0.2) is 23.2 Å². The summed E-state index contributed by atoms with van der Waals surface area (Å²) in [5.74, 6) is 1.53. The first kappa shape index (κ1) is 21.6. The summed E-state index contributed by atoms with van der Waals surface area (Å²) < 4.78 is 10.5. The number of hydrogen-bond acceptors (Lipinski definition) is 5. The van der Waals surface area contributed by atoms with Crippen LogP contribution < -0.4 is 10.1 Å². The number of halogens is 1. The summed E-state index contributed by atoms with van der Waals surface area (Å²) in [7, 11) is 1.61. The molecule has 0 radical (unpaired) electrons. The van der Waals surface area contributed by atoms with Gasteiger partial charge in [0.25, 0.3) is 0 Å². The fourth-order valence-corrected chi connectivity index (χ4v) is 3.45. The molecule has 3 aromatic carbocycles. The van der Waals surface area contributed by atoms with Crippen LogP contribution in [0.2, 0.25) is 5.02 Å². The topological polar surface area (TPSA) is 77.2 Å². The zero-order valence-corrected chi connectivity index (χ0v) is 18.3. The maximum absolute atomic E-state index is 12.7. The number of methoxy groups -OCH3 is 1. The van der Waals surface area contributed by atoms with Gasteiger partial charge in [-0.15, -0.1) is 0 Å². The molecule has 0 spiro atoms. The molecule has 1 heterocycles. The van der Waals surface area contributed by atoms with E-state index in [-0.39, 0.29) is 18.4 Å². The van der Waals surface area contributed by atoms with E-state index in [2.05, 4.69) is 15.5 Å². The number of aryl methyl sites for hydroxylation is 1. The molecule has 1 amide bonds. The Labute approximate surface area is 191 Å². The highest BCUT2D eigenvalue weighted by atomic mass is 35.5. The lowest BCUT2D eigenvalue weighted by molar-refractivity contribution is -0.121. The zero-order chi connectivity index (χ0) is 22.3. The largest absolute Gasteiger partial charge is 0.497 e. The van der Waals surface area contributed by atoms with Gasteiger partial charge in [0.05, 0.1) is 13.2 Å². The Hall–Kier alpha value is -3.64. The Kier molecular flexibility index (Phi) is 6.82. The number of hydrogen-bond donors (Lipinski definition) is 1. The lowest BCUT2D eigenvalue weighted by atomic mass is 9.98. The van der Waals surface area contributed by atoms with E-state index in [4.69, 9.17) is 20.9 Å². The van der Waals surface area contributed by atoms with Crippen molar-refractivity contribution in [2.45, 2.75) is 18.9 Å². The van der Waals surface area contributed by atoms with E-state index < -0.39 is 0 Å². The van der Waals surface area contributed by atoms with Crippen LogP contribution in [0.25, 0.3) is 11.4 Å². The minimum absolute atomic E-state index is 0.113.